The third-order valence-electron chi connectivity index (χ3n) is 3.27. The number of hydrogen-bond donors (Lipinski definition) is 0. The molecule has 4 nitrogen and oxygen atoms in total. The molecule has 0 N–H and O–H groups in total. The van der Waals surface area contributed by atoms with Crippen LogP contribution in [-0.2, 0) is 9.47 Å². The van der Waals surface area contributed by atoms with Crippen molar-refractivity contribution >= 4 is 17.7 Å². The van der Waals surface area contributed by atoms with Gasteiger partial charge in [0.15, 0.2) is 0 Å². The van der Waals surface area contributed by atoms with Crippen molar-refractivity contribution in [3.05, 3.63) is 29.8 Å². The molecule has 0 radical (unpaired) electrons. The number of rotatable bonds is 6. The highest BCUT2D eigenvalue weighted by atomic mass is 32.2. The van der Waals surface area contributed by atoms with E-state index in [2.05, 4.69) is 4.90 Å². The molecule has 0 spiro atoms. The summed E-state index contributed by atoms with van der Waals surface area (Å²) in [6, 6.07) is 7.61. The summed E-state index contributed by atoms with van der Waals surface area (Å²) in [5.74, 6) is 0.743. The summed E-state index contributed by atoms with van der Waals surface area (Å²) >= 11 is 1.72. The second-order valence-electron chi connectivity index (χ2n) is 4.64. The minimum Gasteiger partial charge on any atom is -0.465 e. The molecule has 0 aromatic heterocycles. The number of esters is 1. The number of morpholine rings is 1. The van der Waals surface area contributed by atoms with Gasteiger partial charge in [-0.2, -0.15) is 0 Å². The first-order chi connectivity index (χ1) is 9.81. The molecule has 1 aliphatic rings. The Labute approximate surface area is 124 Å². The van der Waals surface area contributed by atoms with Crippen molar-refractivity contribution in [3.8, 4) is 0 Å². The summed E-state index contributed by atoms with van der Waals surface area (Å²) in [6.07, 6.45) is 1.11. The lowest BCUT2D eigenvalue weighted by Gasteiger charge is -2.26. The van der Waals surface area contributed by atoms with Crippen LogP contribution in [0.15, 0.2) is 29.2 Å². The monoisotopic (exact) mass is 295 g/mol. The van der Waals surface area contributed by atoms with Crippen molar-refractivity contribution in [3.63, 3.8) is 0 Å². The van der Waals surface area contributed by atoms with E-state index < -0.39 is 0 Å². The number of hydrogen-bond acceptors (Lipinski definition) is 5. The zero-order chi connectivity index (χ0) is 14.2. The van der Waals surface area contributed by atoms with Crippen LogP contribution in [0.25, 0.3) is 0 Å². The van der Waals surface area contributed by atoms with Crippen LogP contribution in [0.2, 0.25) is 0 Å². The SMILES string of the molecule is COC(=O)c1ccccc1SCCCN1CCOCC1. The lowest BCUT2D eigenvalue weighted by molar-refractivity contribution is 0.0381. The summed E-state index contributed by atoms with van der Waals surface area (Å²) in [5, 5.41) is 0. The van der Waals surface area contributed by atoms with Gasteiger partial charge in [0.25, 0.3) is 0 Å². The van der Waals surface area contributed by atoms with Crippen molar-refractivity contribution < 1.29 is 14.3 Å². The minimum atomic E-state index is -0.263. The van der Waals surface area contributed by atoms with Crippen molar-refractivity contribution in [2.24, 2.45) is 0 Å². The fourth-order valence-electron chi connectivity index (χ4n) is 2.17. The highest BCUT2D eigenvalue weighted by Crippen LogP contribution is 2.24. The third kappa shape index (κ3) is 4.51. The number of thioether (sulfide) groups is 1. The van der Waals surface area contributed by atoms with E-state index in [4.69, 9.17) is 9.47 Å². The van der Waals surface area contributed by atoms with E-state index in [0.717, 1.165) is 49.9 Å². The zero-order valence-corrected chi connectivity index (χ0v) is 12.7. The van der Waals surface area contributed by atoms with Gasteiger partial charge < -0.3 is 9.47 Å². The van der Waals surface area contributed by atoms with E-state index in [1.807, 2.05) is 24.3 Å². The standard InChI is InChI=1S/C15H21NO3S/c1-18-15(17)13-5-2-3-6-14(13)20-12-4-7-16-8-10-19-11-9-16/h2-3,5-6H,4,7-12H2,1H3. The lowest BCUT2D eigenvalue weighted by Crippen LogP contribution is -2.36. The first-order valence-corrected chi connectivity index (χ1v) is 7.90. The average Bonchev–Trinajstić information content (AvgIpc) is 2.52. The summed E-state index contributed by atoms with van der Waals surface area (Å²) < 4.78 is 10.1. The summed E-state index contributed by atoms with van der Waals surface area (Å²) in [4.78, 5) is 15.1. The Morgan fingerprint density at radius 2 is 2.10 bits per heavy atom. The summed E-state index contributed by atoms with van der Waals surface area (Å²) in [5.41, 5.74) is 0.659. The van der Waals surface area contributed by atoms with Gasteiger partial charge in [0.05, 0.1) is 25.9 Å². The molecule has 1 heterocycles. The predicted molar refractivity (Wildman–Crippen MR) is 80.4 cm³/mol. The quantitative estimate of drug-likeness (QED) is 0.457. The normalized spacial score (nSPS) is 16.1. The first-order valence-electron chi connectivity index (χ1n) is 6.91. The molecule has 1 saturated heterocycles. The first kappa shape index (κ1) is 15.4. The molecule has 0 aliphatic carbocycles. The Morgan fingerprint density at radius 1 is 1.35 bits per heavy atom. The maximum absolute atomic E-state index is 11.7. The Kier molecular flexibility index (Phi) is 6.36. The van der Waals surface area contributed by atoms with Crippen LogP contribution in [0.3, 0.4) is 0 Å². The molecule has 0 bridgehead atoms. The van der Waals surface area contributed by atoms with Crippen LogP contribution in [0.5, 0.6) is 0 Å². The van der Waals surface area contributed by atoms with E-state index in [-0.39, 0.29) is 5.97 Å². The van der Waals surface area contributed by atoms with Gasteiger partial charge in [-0.05, 0) is 30.9 Å². The second-order valence-corrected chi connectivity index (χ2v) is 5.78. The molecule has 0 amide bonds. The zero-order valence-electron chi connectivity index (χ0n) is 11.8. The van der Waals surface area contributed by atoms with Gasteiger partial charge in [-0.25, -0.2) is 4.79 Å². The fraction of sp³-hybridized carbons (Fsp3) is 0.533. The maximum atomic E-state index is 11.7. The molecule has 0 atom stereocenters. The van der Waals surface area contributed by atoms with Crippen LogP contribution in [0.1, 0.15) is 16.8 Å². The largest absolute Gasteiger partial charge is 0.465 e. The van der Waals surface area contributed by atoms with Crippen molar-refractivity contribution in [2.75, 3.05) is 45.7 Å². The van der Waals surface area contributed by atoms with Gasteiger partial charge >= 0.3 is 5.97 Å². The van der Waals surface area contributed by atoms with Crippen molar-refractivity contribution in [1.82, 2.24) is 4.90 Å². The Balaban J connectivity index is 1.77. The lowest BCUT2D eigenvalue weighted by atomic mass is 10.2. The molecule has 20 heavy (non-hydrogen) atoms. The molecular weight excluding hydrogens is 274 g/mol. The van der Waals surface area contributed by atoms with Gasteiger partial charge in [0.2, 0.25) is 0 Å². The molecular formula is C15H21NO3S. The third-order valence-corrected chi connectivity index (χ3v) is 4.43. The summed E-state index contributed by atoms with van der Waals surface area (Å²) in [6.45, 7) is 4.85. The van der Waals surface area contributed by atoms with E-state index in [1.54, 1.807) is 11.8 Å². The number of benzene rings is 1. The van der Waals surface area contributed by atoms with Crippen LogP contribution in [-0.4, -0.2) is 56.6 Å². The van der Waals surface area contributed by atoms with Crippen molar-refractivity contribution in [1.29, 1.82) is 0 Å². The van der Waals surface area contributed by atoms with Crippen LogP contribution < -0.4 is 0 Å². The van der Waals surface area contributed by atoms with E-state index >= 15 is 0 Å². The highest BCUT2D eigenvalue weighted by molar-refractivity contribution is 7.99. The van der Waals surface area contributed by atoms with E-state index in [9.17, 15) is 4.79 Å². The molecule has 1 aromatic carbocycles. The van der Waals surface area contributed by atoms with E-state index in [0.29, 0.717) is 5.56 Å². The van der Waals surface area contributed by atoms with Gasteiger partial charge in [-0.1, -0.05) is 12.1 Å². The Bertz CT molecular complexity index is 433. The Morgan fingerprint density at radius 3 is 2.85 bits per heavy atom. The topological polar surface area (TPSA) is 38.8 Å². The Hall–Kier alpha value is -1.04. The predicted octanol–water partition coefficient (Wildman–Crippen LogP) is 2.29. The molecule has 0 saturated carbocycles. The summed E-state index contributed by atoms with van der Waals surface area (Å²) in [7, 11) is 1.42. The molecule has 110 valence electrons. The molecule has 1 aliphatic heterocycles. The molecule has 1 fully saturated rings. The molecule has 1 aromatic rings. The molecule has 2 rings (SSSR count). The highest BCUT2D eigenvalue weighted by Gasteiger charge is 2.12. The van der Waals surface area contributed by atoms with Crippen molar-refractivity contribution in [2.45, 2.75) is 11.3 Å². The van der Waals surface area contributed by atoms with Crippen LogP contribution in [0, 0.1) is 0 Å². The number of nitrogens with zero attached hydrogens (tertiary/aromatic N) is 1. The molecule has 5 heteroatoms. The average molecular weight is 295 g/mol. The minimum absolute atomic E-state index is 0.263. The number of carbonyl (C=O) groups excluding carboxylic acids is 1. The van der Waals surface area contributed by atoms with Crippen LogP contribution in [0.4, 0.5) is 0 Å². The fourth-order valence-corrected chi connectivity index (χ4v) is 3.14. The number of ether oxygens (including phenoxy) is 2. The number of methoxy groups -OCH3 is 1. The van der Waals surface area contributed by atoms with Gasteiger partial charge in [-0.15, -0.1) is 11.8 Å². The van der Waals surface area contributed by atoms with Crippen LogP contribution >= 0.6 is 11.8 Å². The van der Waals surface area contributed by atoms with E-state index in [1.165, 1.54) is 7.11 Å². The van der Waals surface area contributed by atoms with Gasteiger partial charge in [-0.3, -0.25) is 4.90 Å². The van der Waals surface area contributed by atoms with Gasteiger partial charge in [0, 0.05) is 18.0 Å². The number of carbonyl (C=O) groups is 1. The molecule has 0 unspecified atom stereocenters. The second kappa shape index (κ2) is 8.29. The van der Waals surface area contributed by atoms with Gasteiger partial charge in [0.1, 0.15) is 0 Å². The smallest absolute Gasteiger partial charge is 0.338 e. The maximum Gasteiger partial charge on any atom is 0.338 e.